The number of anilines is 1. The number of H-pyrrole nitrogens is 1. The van der Waals surface area contributed by atoms with Crippen molar-refractivity contribution in [2.75, 3.05) is 5.43 Å². The number of rotatable bonds is 3. The highest BCUT2D eigenvalue weighted by atomic mass is 16.1. The van der Waals surface area contributed by atoms with Gasteiger partial charge in [-0.25, -0.2) is 5.43 Å². The first-order valence-electron chi connectivity index (χ1n) is 5.45. The van der Waals surface area contributed by atoms with Crippen molar-refractivity contribution in [2.24, 2.45) is 5.10 Å². The Morgan fingerprint density at radius 3 is 2.78 bits per heavy atom. The van der Waals surface area contributed by atoms with Gasteiger partial charge in [0, 0.05) is 0 Å². The van der Waals surface area contributed by atoms with Crippen LogP contribution < -0.4 is 11.0 Å². The summed E-state index contributed by atoms with van der Waals surface area (Å²) in [6.07, 6.45) is 1.66. The van der Waals surface area contributed by atoms with Gasteiger partial charge in [-0.05, 0) is 25.0 Å². The van der Waals surface area contributed by atoms with Crippen molar-refractivity contribution in [3.05, 3.63) is 51.4 Å². The molecule has 0 unspecified atom stereocenters. The van der Waals surface area contributed by atoms with Crippen LogP contribution in [0.15, 0.2) is 34.2 Å². The Labute approximate surface area is 104 Å². The molecule has 0 aliphatic rings. The molecular formula is C12H13N5O. The van der Waals surface area contributed by atoms with E-state index in [1.54, 1.807) is 13.1 Å². The smallest absolute Gasteiger partial charge is 0.274 e. The lowest BCUT2D eigenvalue weighted by molar-refractivity contribution is 0.897. The van der Waals surface area contributed by atoms with Gasteiger partial charge in [0.05, 0.1) is 6.21 Å². The van der Waals surface area contributed by atoms with Gasteiger partial charge in [-0.3, -0.25) is 9.78 Å². The van der Waals surface area contributed by atoms with Gasteiger partial charge in [0.1, 0.15) is 5.69 Å². The van der Waals surface area contributed by atoms with E-state index in [0.29, 0.717) is 5.69 Å². The highest BCUT2D eigenvalue weighted by molar-refractivity contribution is 5.81. The molecule has 6 nitrogen and oxygen atoms in total. The Kier molecular flexibility index (Phi) is 3.47. The molecule has 1 aromatic carbocycles. The number of nitrogens with zero attached hydrogens (tertiary/aromatic N) is 3. The first-order chi connectivity index (χ1) is 8.66. The number of hydrazone groups is 1. The standard InChI is InChI=1S/C12H13N5O/c1-8-5-3-4-6-10(8)7-13-16-12-14-11(18)9(2)15-17-12/h3-7H,1-2H3,(H2,14,16,17,18). The maximum Gasteiger partial charge on any atom is 0.274 e. The van der Waals surface area contributed by atoms with E-state index in [4.69, 9.17) is 0 Å². The average Bonchev–Trinajstić information content (AvgIpc) is 2.36. The van der Waals surface area contributed by atoms with Crippen molar-refractivity contribution in [1.82, 2.24) is 15.2 Å². The lowest BCUT2D eigenvalue weighted by Gasteiger charge is -1.99. The number of aryl methyl sites for hydroxylation is 2. The highest BCUT2D eigenvalue weighted by Crippen LogP contribution is 2.03. The second kappa shape index (κ2) is 5.22. The van der Waals surface area contributed by atoms with Gasteiger partial charge < -0.3 is 0 Å². The zero-order chi connectivity index (χ0) is 13.0. The van der Waals surface area contributed by atoms with Crippen LogP contribution in [0.1, 0.15) is 16.8 Å². The second-order valence-electron chi connectivity index (χ2n) is 3.81. The zero-order valence-corrected chi connectivity index (χ0v) is 10.1. The monoisotopic (exact) mass is 243 g/mol. The molecule has 1 heterocycles. The topological polar surface area (TPSA) is 83.0 Å². The van der Waals surface area contributed by atoms with E-state index in [0.717, 1.165) is 11.1 Å². The van der Waals surface area contributed by atoms with Crippen LogP contribution in [0.4, 0.5) is 5.95 Å². The molecule has 18 heavy (non-hydrogen) atoms. The van der Waals surface area contributed by atoms with Crippen LogP contribution >= 0.6 is 0 Å². The van der Waals surface area contributed by atoms with E-state index in [9.17, 15) is 4.79 Å². The summed E-state index contributed by atoms with van der Waals surface area (Å²) in [5, 5.41) is 11.4. The highest BCUT2D eigenvalue weighted by Gasteiger charge is 1.97. The minimum atomic E-state index is -0.279. The van der Waals surface area contributed by atoms with Crippen LogP contribution in [0.25, 0.3) is 0 Å². The van der Waals surface area contributed by atoms with Crippen LogP contribution in [0.5, 0.6) is 0 Å². The van der Waals surface area contributed by atoms with Crippen LogP contribution in [-0.4, -0.2) is 21.4 Å². The largest absolute Gasteiger partial charge is 0.288 e. The molecule has 0 saturated heterocycles. The van der Waals surface area contributed by atoms with Gasteiger partial charge in [-0.2, -0.15) is 5.10 Å². The summed E-state index contributed by atoms with van der Waals surface area (Å²) in [6.45, 7) is 3.58. The zero-order valence-electron chi connectivity index (χ0n) is 10.1. The summed E-state index contributed by atoms with van der Waals surface area (Å²) in [6, 6.07) is 7.84. The van der Waals surface area contributed by atoms with Crippen molar-refractivity contribution >= 4 is 12.2 Å². The Balaban J connectivity index is 2.10. The SMILES string of the molecule is Cc1ccccc1C=NNc1nnc(C)c(=O)[nH]1. The molecule has 6 heteroatoms. The van der Waals surface area contributed by atoms with Crippen molar-refractivity contribution in [3.63, 3.8) is 0 Å². The number of hydrogen-bond acceptors (Lipinski definition) is 5. The Morgan fingerprint density at radius 2 is 2.06 bits per heavy atom. The molecule has 0 fully saturated rings. The molecule has 0 atom stereocenters. The van der Waals surface area contributed by atoms with Crippen LogP contribution in [0, 0.1) is 13.8 Å². The number of aromatic amines is 1. The summed E-state index contributed by atoms with van der Waals surface area (Å²) < 4.78 is 0. The first kappa shape index (κ1) is 12.0. The molecule has 0 spiro atoms. The molecule has 0 aliphatic heterocycles. The van der Waals surface area contributed by atoms with E-state index in [2.05, 4.69) is 25.7 Å². The van der Waals surface area contributed by atoms with Crippen LogP contribution in [-0.2, 0) is 0 Å². The second-order valence-corrected chi connectivity index (χ2v) is 3.81. The molecule has 0 amide bonds. The van der Waals surface area contributed by atoms with Crippen LogP contribution in [0.2, 0.25) is 0 Å². The van der Waals surface area contributed by atoms with Crippen molar-refractivity contribution in [2.45, 2.75) is 13.8 Å². The lowest BCUT2D eigenvalue weighted by atomic mass is 10.1. The van der Waals surface area contributed by atoms with Gasteiger partial charge in [-0.15, -0.1) is 10.2 Å². The van der Waals surface area contributed by atoms with E-state index < -0.39 is 0 Å². The summed E-state index contributed by atoms with van der Waals surface area (Å²) in [4.78, 5) is 13.8. The number of benzene rings is 1. The van der Waals surface area contributed by atoms with Crippen molar-refractivity contribution in [1.29, 1.82) is 0 Å². The van der Waals surface area contributed by atoms with Gasteiger partial charge in [0.15, 0.2) is 0 Å². The molecule has 0 radical (unpaired) electrons. The van der Waals surface area contributed by atoms with E-state index in [1.807, 2.05) is 31.2 Å². The molecule has 0 aliphatic carbocycles. The molecular weight excluding hydrogens is 230 g/mol. The summed E-state index contributed by atoms with van der Waals surface area (Å²) in [5.74, 6) is 0.218. The molecule has 0 bridgehead atoms. The Bertz CT molecular complexity index is 632. The normalized spacial score (nSPS) is 10.8. The third kappa shape index (κ3) is 2.79. The minimum Gasteiger partial charge on any atom is -0.288 e. The van der Waals surface area contributed by atoms with E-state index in [-0.39, 0.29) is 11.5 Å². The van der Waals surface area contributed by atoms with Gasteiger partial charge >= 0.3 is 0 Å². The Morgan fingerprint density at radius 1 is 1.28 bits per heavy atom. The summed E-state index contributed by atoms with van der Waals surface area (Å²) >= 11 is 0. The van der Waals surface area contributed by atoms with Gasteiger partial charge in [-0.1, -0.05) is 24.3 Å². The molecule has 2 N–H and O–H groups in total. The van der Waals surface area contributed by atoms with E-state index >= 15 is 0 Å². The van der Waals surface area contributed by atoms with Crippen molar-refractivity contribution < 1.29 is 0 Å². The number of aromatic nitrogens is 3. The predicted molar refractivity (Wildman–Crippen MR) is 69.8 cm³/mol. The van der Waals surface area contributed by atoms with Crippen LogP contribution in [0.3, 0.4) is 0 Å². The molecule has 0 saturated carbocycles. The summed E-state index contributed by atoms with van der Waals surface area (Å²) in [7, 11) is 0. The molecule has 2 aromatic rings. The van der Waals surface area contributed by atoms with E-state index in [1.165, 1.54) is 0 Å². The third-order valence-corrected chi connectivity index (χ3v) is 2.42. The fraction of sp³-hybridized carbons (Fsp3) is 0.167. The first-order valence-corrected chi connectivity index (χ1v) is 5.45. The fourth-order valence-corrected chi connectivity index (χ4v) is 1.34. The Hall–Kier alpha value is -2.50. The minimum absolute atomic E-state index is 0.218. The third-order valence-electron chi connectivity index (χ3n) is 2.42. The molecule has 1 aromatic heterocycles. The maximum atomic E-state index is 11.3. The predicted octanol–water partition coefficient (Wildman–Crippen LogP) is 1.23. The maximum absolute atomic E-state index is 11.3. The average molecular weight is 243 g/mol. The van der Waals surface area contributed by atoms with Gasteiger partial charge in [0.25, 0.3) is 5.56 Å². The molecule has 92 valence electrons. The number of hydrogen-bond donors (Lipinski definition) is 2. The number of nitrogens with one attached hydrogen (secondary N) is 2. The summed E-state index contributed by atoms with van der Waals surface area (Å²) in [5.41, 5.74) is 4.78. The quantitative estimate of drug-likeness (QED) is 0.627. The fourth-order valence-electron chi connectivity index (χ4n) is 1.34. The lowest BCUT2D eigenvalue weighted by Crippen LogP contribution is -2.15. The molecule has 2 rings (SSSR count). The van der Waals surface area contributed by atoms with Gasteiger partial charge in [0.2, 0.25) is 5.95 Å². The van der Waals surface area contributed by atoms with Crippen molar-refractivity contribution in [3.8, 4) is 0 Å².